The molecule has 0 spiro atoms. The molecule has 2 unspecified atom stereocenters. The smallest absolute Gasteiger partial charge is 0.225 e. The molecule has 96 valence electrons. The highest BCUT2D eigenvalue weighted by Crippen LogP contribution is 2.21. The van der Waals surface area contributed by atoms with E-state index in [0.29, 0.717) is 12.0 Å². The third-order valence-corrected chi connectivity index (χ3v) is 3.60. The largest absolute Gasteiger partial charge is 0.353 e. The van der Waals surface area contributed by atoms with Gasteiger partial charge in [0.1, 0.15) is 0 Å². The van der Waals surface area contributed by atoms with Crippen molar-refractivity contribution in [1.82, 2.24) is 10.6 Å². The maximum Gasteiger partial charge on any atom is 0.225 e. The van der Waals surface area contributed by atoms with Gasteiger partial charge in [-0.05, 0) is 31.8 Å². The number of halogens is 1. The summed E-state index contributed by atoms with van der Waals surface area (Å²) in [6.45, 7) is 10.3. The molecule has 0 radical (unpaired) electrons. The van der Waals surface area contributed by atoms with E-state index in [1.165, 1.54) is 0 Å². The van der Waals surface area contributed by atoms with Crippen LogP contribution in [0.3, 0.4) is 0 Å². The minimum atomic E-state index is -0.232. The average molecular weight is 249 g/mol. The predicted molar refractivity (Wildman–Crippen MR) is 69.9 cm³/mol. The number of amides is 1. The Morgan fingerprint density at radius 3 is 2.62 bits per heavy atom. The molecule has 1 aliphatic heterocycles. The van der Waals surface area contributed by atoms with Gasteiger partial charge in [-0.25, -0.2) is 0 Å². The Bertz CT molecular complexity index is 231. The molecule has 0 saturated carbocycles. The van der Waals surface area contributed by atoms with Crippen LogP contribution in [0.15, 0.2) is 0 Å². The fourth-order valence-corrected chi connectivity index (χ4v) is 1.75. The Hall–Kier alpha value is -0.280. The minimum absolute atomic E-state index is 0. The van der Waals surface area contributed by atoms with Crippen molar-refractivity contribution in [3.8, 4) is 0 Å². The van der Waals surface area contributed by atoms with Gasteiger partial charge in [0.2, 0.25) is 5.91 Å². The van der Waals surface area contributed by atoms with Crippen LogP contribution in [0.2, 0.25) is 0 Å². The minimum Gasteiger partial charge on any atom is -0.353 e. The van der Waals surface area contributed by atoms with Crippen molar-refractivity contribution in [2.45, 2.75) is 46.6 Å². The molecule has 1 fully saturated rings. The third-order valence-electron chi connectivity index (χ3n) is 3.60. The quantitative estimate of drug-likeness (QED) is 0.802. The van der Waals surface area contributed by atoms with E-state index >= 15 is 0 Å². The first kappa shape index (κ1) is 15.7. The van der Waals surface area contributed by atoms with E-state index in [4.69, 9.17) is 0 Å². The number of carbonyl (C=O) groups is 1. The molecule has 3 nitrogen and oxygen atoms in total. The van der Waals surface area contributed by atoms with Crippen LogP contribution in [0.1, 0.15) is 40.5 Å². The lowest BCUT2D eigenvalue weighted by Gasteiger charge is -2.33. The van der Waals surface area contributed by atoms with E-state index in [-0.39, 0.29) is 23.7 Å². The Balaban J connectivity index is 0.00000225. The summed E-state index contributed by atoms with van der Waals surface area (Å²) in [5.41, 5.74) is -0.232. The van der Waals surface area contributed by atoms with E-state index in [1.807, 2.05) is 13.8 Å². The van der Waals surface area contributed by atoms with Crippen molar-refractivity contribution >= 4 is 18.3 Å². The highest BCUT2D eigenvalue weighted by molar-refractivity contribution is 5.85. The molecule has 1 heterocycles. The molecule has 1 saturated heterocycles. The fourth-order valence-electron chi connectivity index (χ4n) is 1.75. The second kappa shape index (κ2) is 6.45. The molecule has 0 aromatic rings. The van der Waals surface area contributed by atoms with Crippen LogP contribution in [0, 0.1) is 11.3 Å². The summed E-state index contributed by atoms with van der Waals surface area (Å²) in [6, 6.07) is 0.351. The molecular weight excluding hydrogens is 224 g/mol. The summed E-state index contributed by atoms with van der Waals surface area (Å²) in [6.07, 6.45) is 1.94. The molecular formula is C12H25ClN2O. The van der Waals surface area contributed by atoms with Gasteiger partial charge in [-0.1, -0.05) is 27.7 Å². The van der Waals surface area contributed by atoms with Crippen molar-refractivity contribution in [2.75, 3.05) is 13.1 Å². The van der Waals surface area contributed by atoms with Crippen LogP contribution >= 0.6 is 12.4 Å². The summed E-state index contributed by atoms with van der Waals surface area (Å²) in [4.78, 5) is 12.0. The molecule has 1 aliphatic rings. The summed E-state index contributed by atoms with van der Waals surface area (Å²) in [5.74, 6) is 0.735. The Morgan fingerprint density at radius 2 is 2.12 bits per heavy atom. The Labute approximate surface area is 105 Å². The van der Waals surface area contributed by atoms with Crippen LogP contribution in [-0.2, 0) is 4.79 Å². The zero-order chi connectivity index (χ0) is 11.5. The van der Waals surface area contributed by atoms with Gasteiger partial charge in [0.15, 0.2) is 0 Å². The lowest BCUT2D eigenvalue weighted by Crippen LogP contribution is -2.51. The molecule has 2 N–H and O–H groups in total. The van der Waals surface area contributed by atoms with E-state index in [0.717, 1.165) is 25.9 Å². The number of piperidine rings is 1. The number of carbonyl (C=O) groups excluding carboxylic acids is 1. The highest BCUT2D eigenvalue weighted by atomic mass is 35.5. The normalized spacial score (nSPS) is 25.8. The number of rotatable bonds is 3. The van der Waals surface area contributed by atoms with Gasteiger partial charge in [-0.15, -0.1) is 12.4 Å². The predicted octanol–water partition coefficient (Wildman–Crippen LogP) is 1.96. The molecule has 0 aromatic carbocycles. The molecule has 4 heteroatoms. The van der Waals surface area contributed by atoms with Gasteiger partial charge >= 0.3 is 0 Å². The van der Waals surface area contributed by atoms with E-state index in [2.05, 4.69) is 24.5 Å². The number of hydrogen-bond acceptors (Lipinski definition) is 2. The summed E-state index contributed by atoms with van der Waals surface area (Å²) < 4.78 is 0. The van der Waals surface area contributed by atoms with Crippen molar-refractivity contribution in [1.29, 1.82) is 0 Å². The van der Waals surface area contributed by atoms with Gasteiger partial charge in [0.05, 0.1) is 0 Å². The monoisotopic (exact) mass is 248 g/mol. The van der Waals surface area contributed by atoms with E-state index in [1.54, 1.807) is 0 Å². The summed E-state index contributed by atoms with van der Waals surface area (Å²) in [5, 5.41) is 6.52. The van der Waals surface area contributed by atoms with Crippen molar-refractivity contribution in [3.05, 3.63) is 0 Å². The summed E-state index contributed by atoms with van der Waals surface area (Å²) in [7, 11) is 0. The van der Waals surface area contributed by atoms with Gasteiger partial charge in [0.25, 0.3) is 0 Å². The lowest BCUT2D eigenvalue weighted by molar-refractivity contribution is -0.130. The number of nitrogens with one attached hydrogen (secondary N) is 2. The average Bonchev–Trinajstić information content (AvgIpc) is 2.21. The van der Waals surface area contributed by atoms with Gasteiger partial charge in [-0.2, -0.15) is 0 Å². The van der Waals surface area contributed by atoms with E-state index in [9.17, 15) is 4.79 Å². The van der Waals surface area contributed by atoms with Crippen LogP contribution in [0.25, 0.3) is 0 Å². The third kappa shape index (κ3) is 3.95. The molecule has 1 rings (SSSR count). The molecule has 0 aliphatic carbocycles. The topological polar surface area (TPSA) is 41.1 Å². The molecule has 0 bridgehead atoms. The van der Waals surface area contributed by atoms with Crippen molar-refractivity contribution < 1.29 is 4.79 Å². The van der Waals surface area contributed by atoms with Gasteiger partial charge in [-0.3, -0.25) is 4.79 Å². The molecule has 1 amide bonds. The van der Waals surface area contributed by atoms with Crippen LogP contribution < -0.4 is 10.6 Å². The fraction of sp³-hybridized carbons (Fsp3) is 0.917. The van der Waals surface area contributed by atoms with Crippen LogP contribution in [-0.4, -0.2) is 25.0 Å². The first-order valence-corrected chi connectivity index (χ1v) is 5.99. The van der Waals surface area contributed by atoms with Crippen molar-refractivity contribution in [2.24, 2.45) is 11.3 Å². The Kier molecular flexibility index (Phi) is 6.34. The lowest BCUT2D eigenvalue weighted by atomic mass is 9.87. The maximum atomic E-state index is 12.0. The maximum absolute atomic E-state index is 12.0. The van der Waals surface area contributed by atoms with Gasteiger partial charge < -0.3 is 10.6 Å². The first-order chi connectivity index (χ1) is 6.97. The number of hydrogen-bond donors (Lipinski definition) is 2. The highest BCUT2D eigenvalue weighted by Gasteiger charge is 2.29. The molecule has 2 atom stereocenters. The molecule has 16 heavy (non-hydrogen) atoms. The second-order valence-corrected chi connectivity index (χ2v) is 5.29. The van der Waals surface area contributed by atoms with Crippen LogP contribution in [0.5, 0.6) is 0 Å². The molecule has 0 aromatic heterocycles. The summed E-state index contributed by atoms with van der Waals surface area (Å²) >= 11 is 0. The van der Waals surface area contributed by atoms with E-state index < -0.39 is 0 Å². The van der Waals surface area contributed by atoms with Crippen molar-refractivity contribution in [3.63, 3.8) is 0 Å². The SMILES string of the molecule is CCC(C)(C)C(=O)NC1CCNCC1C.Cl. The standard InChI is InChI=1S/C12H24N2O.ClH/c1-5-12(3,4)11(15)14-10-6-7-13-8-9(10)2;/h9-10,13H,5-8H2,1-4H3,(H,14,15);1H. The Morgan fingerprint density at radius 1 is 1.50 bits per heavy atom. The first-order valence-electron chi connectivity index (χ1n) is 5.99. The second-order valence-electron chi connectivity index (χ2n) is 5.29. The zero-order valence-electron chi connectivity index (χ0n) is 10.8. The van der Waals surface area contributed by atoms with Gasteiger partial charge in [0, 0.05) is 11.5 Å². The zero-order valence-corrected chi connectivity index (χ0v) is 11.6. The van der Waals surface area contributed by atoms with Crippen LogP contribution in [0.4, 0.5) is 0 Å².